The molecular formula is C16H27NO11. The quantitative estimate of drug-likeness (QED) is 0.259. The first-order chi connectivity index (χ1) is 13.1. The van der Waals surface area contributed by atoms with Crippen LogP contribution in [0.2, 0.25) is 0 Å². The molecule has 0 spiro atoms. The summed E-state index contributed by atoms with van der Waals surface area (Å²) in [4.78, 5) is 23.1. The Morgan fingerprint density at radius 2 is 1.71 bits per heavy atom. The maximum atomic E-state index is 11.6. The van der Waals surface area contributed by atoms with E-state index in [-0.39, 0.29) is 0 Å². The number of aliphatic hydroxyl groups is 4. The second kappa shape index (κ2) is 9.41. The van der Waals surface area contributed by atoms with Crippen LogP contribution in [0.4, 0.5) is 0 Å². The molecule has 2 aliphatic heterocycles. The molecule has 0 aliphatic carbocycles. The fourth-order valence-corrected chi connectivity index (χ4v) is 3.38. The van der Waals surface area contributed by atoms with Crippen molar-refractivity contribution >= 4 is 11.9 Å². The van der Waals surface area contributed by atoms with Crippen LogP contribution in [-0.4, -0.2) is 106 Å². The normalized spacial score (nSPS) is 44.1. The third kappa shape index (κ3) is 4.60. The molecule has 6 N–H and O–H groups in total. The van der Waals surface area contributed by atoms with Crippen molar-refractivity contribution in [2.24, 2.45) is 5.92 Å². The van der Waals surface area contributed by atoms with Gasteiger partial charge in [-0.15, -0.1) is 0 Å². The van der Waals surface area contributed by atoms with Gasteiger partial charge >= 0.3 is 5.97 Å². The Morgan fingerprint density at radius 3 is 2.21 bits per heavy atom. The first-order valence-corrected chi connectivity index (χ1v) is 8.76. The number of carboxylic acids is 1. The van der Waals surface area contributed by atoms with Crippen LogP contribution >= 0.6 is 0 Å². The Bertz CT molecular complexity index is 561. The Kier molecular flexibility index (Phi) is 7.70. The molecule has 28 heavy (non-hydrogen) atoms. The number of rotatable bonds is 6. The van der Waals surface area contributed by atoms with Gasteiger partial charge in [-0.1, -0.05) is 6.92 Å². The molecule has 2 saturated heterocycles. The standard InChI is InChI=1S/C16H27NO11/c1-5-8(17-6(2)19)15(26-7(4-18)9(5)20)27-12-10(21)11(22)16(25-3)28-13(12)14(23)24/h5,7-13,15-16,18,20-22H,4H2,1-3H3,(H,17,19)(H,23,24)/t5-,7?,8?,9?,10?,11?,12+,13?,15+,16?/m1/s1. The molecule has 0 saturated carbocycles. The molecular weight excluding hydrogens is 382 g/mol. The summed E-state index contributed by atoms with van der Waals surface area (Å²) < 4.78 is 21.1. The van der Waals surface area contributed by atoms with Gasteiger partial charge in [0.15, 0.2) is 18.7 Å². The molecule has 2 heterocycles. The number of carbonyl (C=O) groups is 2. The van der Waals surface area contributed by atoms with Crippen molar-refractivity contribution < 1.29 is 54.1 Å². The zero-order valence-corrected chi connectivity index (χ0v) is 15.7. The summed E-state index contributed by atoms with van der Waals surface area (Å²) in [6, 6.07) is -0.922. The fraction of sp³-hybridized carbons (Fsp3) is 0.875. The molecule has 12 nitrogen and oxygen atoms in total. The highest BCUT2D eigenvalue weighted by Crippen LogP contribution is 2.31. The van der Waals surface area contributed by atoms with Gasteiger partial charge in [0.1, 0.15) is 24.4 Å². The molecule has 2 rings (SSSR count). The smallest absolute Gasteiger partial charge is 0.335 e. The summed E-state index contributed by atoms with van der Waals surface area (Å²) in [7, 11) is 1.17. The summed E-state index contributed by atoms with van der Waals surface area (Å²) in [5, 5.41) is 52.0. The molecule has 1 amide bonds. The molecule has 7 unspecified atom stereocenters. The SMILES string of the molecule is COC1OC(C(=O)O)[C@@H](O[C@@H]2OC(CO)C(O)[C@H](C)C2NC(C)=O)C(O)C1O. The van der Waals surface area contributed by atoms with Gasteiger partial charge in [0.2, 0.25) is 5.91 Å². The minimum absolute atomic E-state index is 0.460. The van der Waals surface area contributed by atoms with E-state index in [9.17, 15) is 35.1 Å². The summed E-state index contributed by atoms with van der Waals surface area (Å²) in [5.41, 5.74) is 0. The number of hydrogen-bond donors (Lipinski definition) is 6. The van der Waals surface area contributed by atoms with Crippen LogP contribution in [0.15, 0.2) is 0 Å². The van der Waals surface area contributed by atoms with Crippen LogP contribution in [0, 0.1) is 5.92 Å². The van der Waals surface area contributed by atoms with E-state index in [2.05, 4.69) is 5.32 Å². The molecule has 0 radical (unpaired) electrons. The molecule has 2 aliphatic rings. The number of nitrogens with one attached hydrogen (secondary N) is 1. The predicted molar refractivity (Wildman–Crippen MR) is 88.7 cm³/mol. The highest BCUT2D eigenvalue weighted by atomic mass is 16.7. The summed E-state index contributed by atoms with van der Waals surface area (Å²) in [5.74, 6) is -2.57. The first-order valence-electron chi connectivity index (χ1n) is 8.76. The lowest BCUT2D eigenvalue weighted by atomic mass is 9.88. The number of hydrogen-bond acceptors (Lipinski definition) is 10. The fourth-order valence-electron chi connectivity index (χ4n) is 3.38. The number of amides is 1. The summed E-state index contributed by atoms with van der Waals surface area (Å²) >= 11 is 0. The molecule has 0 aromatic rings. The third-order valence-corrected chi connectivity index (χ3v) is 4.95. The van der Waals surface area contributed by atoms with Crippen molar-refractivity contribution in [3.63, 3.8) is 0 Å². The van der Waals surface area contributed by atoms with Crippen LogP contribution in [-0.2, 0) is 28.5 Å². The van der Waals surface area contributed by atoms with Gasteiger partial charge in [0.05, 0.1) is 18.8 Å². The average molecular weight is 409 g/mol. The van der Waals surface area contributed by atoms with Gasteiger partial charge in [-0.2, -0.15) is 0 Å². The zero-order chi connectivity index (χ0) is 21.2. The average Bonchev–Trinajstić information content (AvgIpc) is 2.64. The second-order valence-electron chi connectivity index (χ2n) is 6.88. The molecule has 162 valence electrons. The van der Waals surface area contributed by atoms with Crippen LogP contribution in [0.25, 0.3) is 0 Å². The van der Waals surface area contributed by atoms with E-state index in [0.717, 1.165) is 0 Å². The lowest BCUT2D eigenvalue weighted by Crippen LogP contribution is -2.66. The Morgan fingerprint density at radius 1 is 1.07 bits per heavy atom. The van der Waals surface area contributed by atoms with Gasteiger partial charge in [-0.3, -0.25) is 4.79 Å². The molecule has 0 aromatic carbocycles. The van der Waals surface area contributed by atoms with Gasteiger partial charge in [-0.25, -0.2) is 4.79 Å². The van der Waals surface area contributed by atoms with Crippen molar-refractivity contribution in [1.82, 2.24) is 5.32 Å². The van der Waals surface area contributed by atoms with Gasteiger partial charge in [0, 0.05) is 20.0 Å². The number of carboxylic acid groups (broad SMARTS) is 1. The van der Waals surface area contributed by atoms with Crippen molar-refractivity contribution in [2.45, 2.75) is 69.1 Å². The van der Waals surface area contributed by atoms with Gasteiger partial charge < -0.3 is 49.8 Å². The van der Waals surface area contributed by atoms with Crippen LogP contribution in [0.5, 0.6) is 0 Å². The largest absolute Gasteiger partial charge is 0.479 e. The van der Waals surface area contributed by atoms with E-state index in [1.807, 2.05) is 0 Å². The maximum absolute atomic E-state index is 11.6. The highest BCUT2D eigenvalue weighted by molar-refractivity contribution is 5.74. The van der Waals surface area contributed by atoms with E-state index < -0.39 is 79.6 Å². The molecule has 10 atom stereocenters. The van der Waals surface area contributed by atoms with E-state index in [4.69, 9.17) is 18.9 Å². The zero-order valence-electron chi connectivity index (χ0n) is 15.7. The van der Waals surface area contributed by atoms with Gasteiger partial charge in [-0.05, 0) is 0 Å². The van der Waals surface area contributed by atoms with E-state index in [1.165, 1.54) is 14.0 Å². The number of methoxy groups -OCH3 is 1. The van der Waals surface area contributed by atoms with Crippen LogP contribution in [0.3, 0.4) is 0 Å². The first kappa shape index (κ1) is 22.9. The third-order valence-electron chi connectivity index (χ3n) is 4.95. The Labute approximate surface area is 160 Å². The van der Waals surface area contributed by atoms with Crippen molar-refractivity contribution in [3.8, 4) is 0 Å². The van der Waals surface area contributed by atoms with E-state index >= 15 is 0 Å². The predicted octanol–water partition coefficient (Wildman–Crippen LogP) is -3.23. The second-order valence-corrected chi connectivity index (χ2v) is 6.88. The summed E-state index contributed by atoms with van der Waals surface area (Å²) in [6.07, 6.45) is -11.5. The van der Waals surface area contributed by atoms with E-state index in [1.54, 1.807) is 6.92 Å². The van der Waals surface area contributed by atoms with Gasteiger partial charge in [0.25, 0.3) is 0 Å². The topological polar surface area (TPSA) is 184 Å². The Hall–Kier alpha value is -1.38. The van der Waals surface area contributed by atoms with E-state index in [0.29, 0.717) is 0 Å². The Balaban J connectivity index is 2.28. The lowest BCUT2D eigenvalue weighted by molar-refractivity contribution is -0.335. The highest BCUT2D eigenvalue weighted by Gasteiger charge is 2.52. The van der Waals surface area contributed by atoms with Crippen molar-refractivity contribution in [1.29, 1.82) is 0 Å². The number of carbonyl (C=O) groups excluding carboxylic acids is 1. The molecule has 0 bridgehead atoms. The van der Waals surface area contributed by atoms with Crippen LogP contribution in [0.1, 0.15) is 13.8 Å². The molecule has 0 aromatic heterocycles. The van der Waals surface area contributed by atoms with Crippen molar-refractivity contribution in [2.75, 3.05) is 13.7 Å². The minimum Gasteiger partial charge on any atom is -0.479 e. The minimum atomic E-state index is -1.71. The monoisotopic (exact) mass is 409 g/mol. The van der Waals surface area contributed by atoms with Crippen LogP contribution < -0.4 is 5.32 Å². The lowest BCUT2D eigenvalue weighted by Gasteiger charge is -2.47. The summed E-state index contributed by atoms with van der Waals surface area (Å²) in [6.45, 7) is 2.27. The number of aliphatic hydroxyl groups excluding tert-OH is 4. The number of ether oxygens (including phenoxy) is 4. The molecule has 12 heteroatoms. The molecule has 2 fully saturated rings. The maximum Gasteiger partial charge on any atom is 0.335 e. The number of aliphatic carboxylic acids is 1. The van der Waals surface area contributed by atoms with Crippen molar-refractivity contribution in [3.05, 3.63) is 0 Å².